The molecule has 1 N–H and O–H groups in total. The van der Waals surface area contributed by atoms with Crippen molar-refractivity contribution in [3.05, 3.63) is 24.0 Å². The first kappa shape index (κ1) is 14.3. The fraction of sp³-hybridized carbons (Fsp3) is 0.667. The van der Waals surface area contributed by atoms with Crippen LogP contribution >= 0.6 is 0 Å². The van der Waals surface area contributed by atoms with E-state index in [-0.39, 0.29) is 0 Å². The summed E-state index contributed by atoms with van der Waals surface area (Å²) in [6.07, 6.45) is 3.43. The minimum absolute atomic E-state index is 0.352. The lowest BCUT2D eigenvalue weighted by Gasteiger charge is -2.36. The number of aromatic nitrogens is 1. The highest BCUT2D eigenvalue weighted by Gasteiger charge is 2.25. The summed E-state index contributed by atoms with van der Waals surface area (Å²) in [5.74, 6) is 0.655. The van der Waals surface area contributed by atoms with E-state index >= 15 is 0 Å². The number of piperidine rings is 1. The van der Waals surface area contributed by atoms with Crippen molar-refractivity contribution >= 4 is 5.69 Å². The molecule has 1 aliphatic heterocycles. The molecule has 106 valence electrons. The summed E-state index contributed by atoms with van der Waals surface area (Å²) in [5, 5.41) is 3.33. The molecule has 0 radical (unpaired) electrons. The monoisotopic (exact) mass is 263 g/mol. The minimum Gasteiger partial charge on any atom is -0.385 e. The van der Waals surface area contributed by atoms with Crippen LogP contribution in [0.3, 0.4) is 0 Å². The molecule has 0 aliphatic carbocycles. The van der Waals surface area contributed by atoms with E-state index in [1.807, 2.05) is 19.4 Å². The van der Waals surface area contributed by atoms with E-state index in [1.165, 1.54) is 6.42 Å². The van der Waals surface area contributed by atoms with Crippen molar-refractivity contribution in [3.63, 3.8) is 0 Å². The van der Waals surface area contributed by atoms with Crippen LogP contribution in [-0.2, 0) is 11.3 Å². The van der Waals surface area contributed by atoms with Crippen LogP contribution in [0.15, 0.2) is 18.3 Å². The number of nitrogens with one attached hydrogen (secondary N) is 1. The predicted molar refractivity (Wildman–Crippen MR) is 78.3 cm³/mol. The van der Waals surface area contributed by atoms with Gasteiger partial charge in [0.1, 0.15) is 0 Å². The maximum atomic E-state index is 5.56. The average Bonchev–Trinajstić information content (AvgIpc) is 2.42. The van der Waals surface area contributed by atoms with Gasteiger partial charge in [0.25, 0.3) is 0 Å². The number of pyridine rings is 1. The summed E-state index contributed by atoms with van der Waals surface area (Å²) in [6.45, 7) is 8.37. The molecular formula is C15H25N3O. The highest BCUT2D eigenvalue weighted by Crippen LogP contribution is 2.21. The van der Waals surface area contributed by atoms with Crippen LogP contribution in [0.4, 0.5) is 5.69 Å². The number of methoxy groups -OCH3 is 1. The van der Waals surface area contributed by atoms with Crippen molar-refractivity contribution in [1.82, 2.24) is 9.88 Å². The molecule has 0 bridgehead atoms. The van der Waals surface area contributed by atoms with Gasteiger partial charge in [0.15, 0.2) is 0 Å². The van der Waals surface area contributed by atoms with E-state index in [4.69, 9.17) is 4.74 Å². The standard InChI is InChI=1S/C15H25N3O/c1-4-16-13-5-7-17-14(9-13)10-18-8-6-12(2)15(11-18)19-3/h5,7,9,12,15H,4,6,8,10-11H2,1-3H3,(H,16,17). The zero-order valence-corrected chi connectivity index (χ0v) is 12.2. The first-order valence-electron chi connectivity index (χ1n) is 7.17. The Morgan fingerprint density at radius 1 is 1.53 bits per heavy atom. The van der Waals surface area contributed by atoms with E-state index < -0.39 is 0 Å². The van der Waals surface area contributed by atoms with Crippen LogP contribution in [0, 0.1) is 5.92 Å². The lowest BCUT2D eigenvalue weighted by molar-refractivity contribution is -0.00778. The molecule has 1 saturated heterocycles. The zero-order chi connectivity index (χ0) is 13.7. The third kappa shape index (κ3) is 3.91. The smallest absolute Gasteiger partial charge is 0.0724 e. The molecule has 0 saturated carbocycles. The highest BCUT2D eigenvalue weighted by atomic mass is 16.5. The first-order valence-corrected chi connectivity index (χ1v) is 7.17. The molecule has 2 heterocycles. The van der Waals surface area contributed by atoms with E-state index in [0.29, 0.717) is 12.0 Å². The van der Waals surface area contributed by atoms with E-state index in [1.54, 1.807) is 0 Å². The second-order valence-electron chi connectivity index (χ2n) is 5.34. The molecule has 0 aromatic carbocycles. The van der Waals surface area contributed by atoms with Crippen molar-refractivity contribution in [2.75, 3.05) is 32.1 Å². The molecule has 1 aromatic heterocycles. The lowest BCUT2D eigenvalue weighted by Crippen LogP contribution is -2.43. The van der Waals surface area contributed by atoms with Gasteiger partial charge in [0.05, 0.1) is 11.8 Å². The SMILES string of the molecule is CCNc1ccnc(CN2CCC(C)C(OC)C2)c1. The van der Waals surface area contributed by atoms with Gasteiger partial charge in [-0.15, -0.1) is 0 Å². The van der Waals surface area contributed by atoms with Gasteiger partial charge in [-0.05, 0) is 37.9 Å². The molecule has 0 amide bonds. The number of ether oxygens (including phenoxy) is 1. The quantitative estimate of drug-likeness (QED) is 0.885. The normalized spacial score (nSPS) is 24.4. The summed E-state index contributed by atoms with van der Waals surface area (Å²) in [7, 11) is 1.81. The number of rotatable bonds is 5. The van der Waals surface area contributed by atoms with Crippen molar-refractivity contribution in [2.24, 2.45) is 5.92 Å². The van der Waals surface area contributed by atoms with E-state index in [2.05, 4.69) is 35.1 Å². The second kappa shape index (κ2) is 6.87. The van der Waals surface area contributed by atoms with Gasteiger partial charge in [-0.2, -0.15) is 0 Å². The van der Waals surface area contributed by atoms with Crippen LogP contribution in [0.25, 0.3) is 0 Å². The minimum atomic E-state index is 0.352. The number of nitrogens with zero attached hydrogens (tertiary/aromatic N) is 2. The molecule has 4 nitrogen and oxygen atoms in total. The molecule has 4 heteroatoms. The maximum absolute atomic E-state index is 5.56. The molecule has 1 aliphatic rings. The predicted octanol–water partition coefficient (Wildman–Crippen LogP) is 2.37. The summed E-state index contributed by atoms with van der Waals surface area (Å²) < 4.78 is 5.56. The molecule has 2 atom stereocenters. The van der Waals surface area contributed by atoms with Crippen molar-refractivity contribution < 1.29 is 4.74 Å². The van der Waals surface area contributed by atoms with Gasteiger partial charge < -0.3 is 10.1 Å². The Morgan fingerprint density at radius 2 is 2.37 bits per heavy atom. The summed E-state index contributed by atoms with van der Waals surface area (Å²) in [4.78, 5) is 6.90. The summed E-state index contributed by atoms with van der Waals surface area (Å²) >= 11 is 0. The third-order valence-corrected chi connectivity index (χ3v) is 3.86. The van der Waals surface area contributed by atoms with Crippen LogP contribution in [0.2, 0.25) is 0 Å². The first-order chi connectivity index (χ1) is 9.22. The van der Waals surface area contributed by atoms with Crippen molar-refractivity contribution in [2.45, 2.75) is 32.9 Å². The highest BCUT2D eigenvalue weighted by molar-refractivity contribution is 5.42. The summed E-state index contributed by atoms with van der Waals surface area (Å²) in [5.41, 5.74) is 2.28. The molecule has 2 unspecified atom stereocenters. The molecule has 1 fully saturated rings. The Bertz CT molecular complexity index is 397. The van der Waals surface area contributed by atoms with Crippen molar-refractivity contribution in [1.29, 1.82) is 0 Å². The fourth-order valence-electron chi connectivity index (χ4n) is 2.66. The van der Waals surface area contributed by atoms with Crippen LogP contribution < -0.4 is 5.32 Å². The van der Waals surface area contributed by atoms with Gasteiger partial charge in [0.2, 0.25) is 0 Å². The van der Waals surface area contributed by atoms with E-state index in [0.717, 1.165) is 37.6 Å². The Kier molecular flexibility index (Phi) is 5.16. The molecule has 1 aromatic rings. The summed E-state index contributed by atoms with van der Waals surface area (Å²) in [6, 6.07) is 4.16. The van der Waals surface area contributed by atoms with Gasteiger partial charge >= 0.3 is 0 Å². The second-order valence-corrected chi connectivity index (χ2v) is 5.34. The Labute approximate surface area is 116 Å². The molecule has 19 heavy (non-hydrogen) atoms. The molecular weight excluding hydrogens is 238 g/mol. The van der Waals surface area contributed by atoms with E-state index in [9.17, 15) is 0 Å². The van der Waals surface area contributed by atoms with Crippen LogP contribution in [0.5, 0.6) is 0 Å². The Balaban J connectivity index is 1.95. The third-order valence-electron chi connectivity index (χ3n) is 3.86. The fourth-order valence-corrected chi connectivity index (χ4v) is 2.66. The number of anilines is 1. The Hall–Kier alpha value is -1.13. The number of hydrogen-bond donors (Lipinski definition) is 1. The van der Waals surface area contributed by atoms with Gasteiger partial charge in [0, 0.05) is 38.6 Å². The van der Waals surface area contributed by atoms with Crippen LogP contribution in [0.1, 0.15) is 26.0 Å². The topological polar surface area (TPSA) is 37.4 Å². The van der Waals surface area contributed by atoms with Crippen LogP contribution in [-0.4, -0.2) is 42.7 Å². The van der Waals surface area contributed by atoms with Gasteiger partial charge in [-0.25, -0.2) is 0 Å². The average molecular weight is 263 g/mol. The maximum Gasteiger partial charge on any atom is 0.0724 e. The number of likely N-dealkylation sites (tertiary alicyclic amines) is 1. The Morgan fingerprint density at radius 3 is 3.11 bits per heavy atom. The lowest BCUT2D eigenvalue weighted by atomic mass is 9.96. The van der Waals surface area contributed by atoms with Crippen molar-refractivity contribution in [3.8, 4) is 0 Å². The molecule has 0 spiro atoms. The zero-order valence-electron chi connectivity index (χ0n) is 12.2. The molecule has 2 rings (SSSR count). The van der Waals surface area contributed by atoms with Gasteiger partial charge in [-0.3, -0.25) is 9.88 Å². The number of hydrogen-bond acceptors (Lipinski definition) is 4. The van der Waals surface area contributed by atoms with Gasteiger partial charge in [-0.1, -0.05) is 6.92 Å². The largest absolute Gasteiger partial charge is 0.385 e.